The molecule has 1 aliphatic rings. The highest BCUT2D eigenvalue weighted by Crippen LogP contribution is 2.41. The number of nitrogen functional groups attached to an aromatic ring is 1. The van der Waals surface area contributed by atoms with E-state index in [4.69, 9.17) is 10.7 Å². The molecule has 7 nitrogen and oxygen atoms in total. The van der Waals surface area contributed by atoms with E-state index in [1.807, 2.05) is 40.9 Å². The van der Waals surface area contributed by atoms with Crippen LogP contribution in [0.3, 0.4) is 0 Å². The number of carbonyl (C=O) groups excluding carboxylic acids is 1. The largest absolute Gasteiger partial charge is 0.416 e. The second kappa shape index (κ2) is 9.05. The number of hydrogen-bond donors (Lipinski definition) is 3. The number of benzene rings is 3. The van der Waals surface area contributed by atoms with Crippen molar-refractivity contribution >= 4 is 39.5 Å². The van der Waals surface area contributed by atoms with Crippen LogP contribution >= 0.6 is 0 Å². The number of rotatable bonds is 4. The number of anilines is 3. The molecular formula is C28H23F3N6O. The fourth-order valence-corrected chi connectivity index (χ4v) is 4.90. The van der Waals surface area contributed by atoms with Crippen molar-refractivity contribution in [3.63, 3.8) is 0 Å². The molecule has 5 aromatic rings. The summed E-state index contributed by atoms with van der Waals surface area (Å²) in [5.41, 5.74) is 8.30. The predicted molar refractivity (Wildman–Crippen MR) is 141 cm³/mol. The van der Waals surface area contributed by atoms with E-state index in [0.29, 0.717) is 23.1 Å². The molecule has 2 aromatic heterocycles. The summed E-state index contributed by atoms with van der Waals surface area (Å²) in [4.78, 5) is 22.0. The zero-order valence-corrected chi connectivity index (χ0v) is 20.1. The van der Waals surface area contributed by atoms with Gasteiger partial charge in [0.1, 0.15) is 22.9 Å². The molecule has 1 fully saturated rings. The first-order valence-electron chi connectivity index (χ1n) is 12.2. The van der Waals surface area contributed by atoms with Gasteiger partial charge in [-0.2, -0.15) is 13.2 Å². The summed E-state index contributed by atoms with van der Waals surface area (Å²) >= 11 is 0. The van der Waals surface area contributed by atoms with Crippen molar-refractivity contribution in [2.45, 2.75) is 31.4 Å². The number of carbonyl (C=O) groups is 1. The number of imidazole rings is 1. The molecule has 192 valence electrons. The third kappa shape index (κ3) is 4.17. The fourth-order valence-electron chi connectivity index (χ4n) is 4.90. The second-order valence-electron chi connectivity index (χ2n) is 9.34. The first kappa shape index (κ1) is 23.8. The number of aromatic nitrogens is 3. The molecule has 0 bridgehead atoms. The lowest BCUT2D eigenvalue weighted by Crippen LogP contribution is -2.20. The number of halogens is 3. The van der Waals surface area contributed by atoms with E-state index in [9.17, 15) is 18.0 Å². The Labute approximate surface area is 215 Å². The van der Waals surface area contributed by atoms with Crippen LogP contribution in [0.4, 0.5) is 35.2 Å². The van der Waals surface area contributed by atoms with Gasteiger partial charge in [-0.1, -0.05) is 42.8 Å². The van der Waals surface area contributed by atoms with Crippen molar-refractivity contribution < 1.29 is 18.0 Å². The maximum absolute atomic E-state index is 13.0. The molecule has 1 saturated carbocycles. The van der Waals surface area contributed by atoms with Gasteiger partial charge < -0.3 is 16.4 Å². The topological polar surface area (TPSA) is 97.3 Å². The van der Waals surface area contributed by atoms with Crippen LogP contribution in [0.2, 0.25) is 0 Å². The molecule has 0 radical (unpaired) electrons. The molecule has 1 aliphatic carbocycles. The van der Waals surface area contributed by atoms with Crippen molar-refractivity contribution in [3.8, 4) is 11.3 Å². The van der Waals surface area contributed by atoms with Crippen LogP contribution in [0.25, 0.3) is 27.5 Å². The van der Waals surface area contributed by atoms with Gasteiger partial charge in [0.05, 0.1) is 11.3 Å². The van der Waals surface area contributed by atoms with E-state index < -0.39 is 17.8 Å². The highest BCUT2D eigenvalue weighted by atomic mass is 19.4. The van der Waals surface area contributed by atoms with Crippen molar-refractivity contribution in [2.24, 2.45) is 0 Å². The number of hydrogen-bond acceptors (Lipinski definition) is 4. The van der Waals surface area contributed by atoms with E-state index in [1.54, 1.807) is 12.3 Å². The van der Waals surface area contributed by atoms with Crippen LogP contribution in [-0.4, -0.2) is 20.4 Å². The molecule has 6 rings (SSSR count). The molecule has 0 atom stereocenters. The summed E-state index contributed by atoms with van der Waals surface area (Å²) in [7, 11) is 0. The average molecular weight is 517 g/mol. The summed E-state index contributed by atoms with van der Waals surface area (Å²) in [6.45, 7) is 0. The molecule has 0 aliphatic heterocycles. The maximum atomic E-state index is 13.0. The van der Waals surface area contributed by atoms with E-state index in [2.05, 4.69) is 15.6 Å². The molecule has 2 amide bonds. The third-order valence-electron chi connectivity index (χ3n) is 6.96. The van der Waals surface area contributed by atoms with Gasteiger partial charge in [0.2, 0.25) is 0 Å². The van der Waals surface area contributed by atoms with E-state index in [0.717, 1.165) is 52.7 Å². The van der Waals surface area contributed by atoms with Crippen LogP contribution in [0.5, 0.6) is 0 Å². The Kier molecular flexibility index (Phi) is 5.67. The molecule has 38 heavy (non-hydrogen) atoms. The Balaban J connectivity index is 1.37. The van der Waals surface area contributed by atoms with Gasteiger partial charge in [0.25, 0.3) is 0 Å². The molecule has 0 spiro atoms. The number of fused-ring (bicyclic) bond motifs is 2. The Morgan fingerprint density at radius 3 is 2.53 bits per heavy atom. The van der Waals surface area contributed by atoms with Gasteiger partial charge in [0.15, 0.2) is 0 Å². The minimum atomic E-state index is -4.51. The standard InChI is InChI=1S/C28H23F3N6O/c29-28(30,31)17-7-4-8-18(15-17)34-27(38)35-22-12-11-21(19-9-1-2-10-20(19)22)23-24-25(32)33-13-14-37(24)26(36-23)16-5-3-6-16/h1-2,4,7-16H,3,5-6H2,(H2,32,33)(H2,34,35,38). The normalized spacial score (nSPS) is 14.0. The molecule has 10 heteroatoms. The van der Waals surface area contributed by atoms with Crippen LogP contribution in [0.15, 0.2) is 73.1 Å². The summed E-state index contributed by atoms with van der Waals surface area (Å²) in [5.74, 6) is 1.71. The Bertz CT molecular complexity index is 1690. The lowest BCUT2D eigenvalue weighted by atomic mass is 9.85. The number of nitrogens with one attached hydrogen (secondary N) is 2. The second-order valence-corrected chi connectivity index (χ2v) is 9.34. The molecule has 0 saturated heterocycles. The van der Waals surface area contributed by atoms with E-state index in [-0.39, 0.29) is 5.69 Å². The lowest BCUT2D eigenvalue weighted by Gasteiger charge is -2.23. The molecule has 0 unspecified atom stereocenters. The van der Waals surface area contributed by atoms with Crippen LogP contribution in [0.1, 0.15) is 36.6 Å². The first-order valence-corrected chi connectivity index (χ1v) is 12.2. The SMILES string of the molecule is Nc1nccn2c(C3CCC3)nc(-c3ccc(NC(=O)Nc4cccc(C(F)(F)F)c4)c4ccccc34)c12. The number of urea groups is 1. The first-order chi connectivity index (χ1) is 18.3. The number of alkyl halides is 3. The zero-order chi connectivity index (χ0) is 26.4. The Morgan fingerprint density at radius 2 is 1.79 bits per heavy atom. The molecule has 2 heterocycles. The van der Waals surface area contributed by atoms with Crippen LogP contribution in [-0.2, 0) is 6.18 Å². The smallest absolute Gasteiger partial charge is 0.382 e. The van der Waals surface area contributed by atoms with Crippen LogP contribution in [0, 0.1) is 0 Å². The Morgan fingerprint density at radius 1 is 1.00 bits per heavy atom. The highest BCUT2D eigenvalue weighted by molar-refractivity contribution is 6.10. The number of amides is 2. The lowest BCUT2D eigenvalue weighted by molar-refractivity contribution is -0.137. The van der Waals surface area contributed by atoms with Gasteiger partial charge in [-0.05, 0) is 42.5 Å². The molecule has 4 N–H and O–H groups in total. The number of nitrogens with zero attached hydrogens (tertiary/aromatic N) is 3. The monoisotopic (exact) mass is 516 g/mol. The zero-order valence-electron chi connectivity index (χ0n) is 20.1. The van der Waals surface area contributed by atoms with Gasteiger partial charge >= 0.3 is 12.2 Å². The molecule has 3 aromatic carbocycles. The highest BCUT2D eigenvalue weighted by Gasteiger charge is 2.30. The maximum Gasteiger partial charge on any atom is 0.416 e. The quantitative estimate of drug-likeness (QED) is 0.238. The Hall–Kier alpha value is -4.60. The van der Waals surface area contributed by atoms with Crippen molar-refractivity contribution in [3.05, 3.63) is 84.4 Å². The van der Waals surface area contributed by atoms with Gasteiger partial charge in [-0.25, -0.2) is 14.8 Å². The minimum absolute atomic E-state index is 0.0363. The molecular weight excluding hydrogens is 493 g/mol. The van der Waals surface area contributed by atoms with Crippen molar-refractivity contribution in [1.82, 2.24) is 14.4 Å². The van der Waals surface area contributed by atoms with E-state index in [1.165, 1.54) is 18.6 Å². The van der Waals surface area contributed by atoms with Crippen molar-refractivity contribution in [1.29, 1.82) is 0 Å². The van der Waals surface area contributed by atoms with Crippen molar-refractivity contribution in [2.75, 3.05) is 16.4 Å². The third-order valence-corrected chi connectivity index (χ3v) is 6.96. The summed E-state index contributed by atoms with van der Waals surface area (Å²) < 4.78 is 41.2. The minimum Gasteiger partial charge on any atom is -0.382 e. The summed E-state index contributed by atoms with van der Waals surface area (Å²) in [6.07, 6.45) is 2.36. The van der Waals surface area contributed by atoms with Gasteiger partial charge in [-0.3, -0.25) is 4.40 Å². The van der Waals surface area contributed by atoms with Crippen LogP contribution < -0.4 is 16.4 Å². The van der Waals surface area contributed by atoms with Gasteiger partial charge in [-0.15, -0.1) is 0 Å². The summed E-state index contributed by atoms with van der Waals surface area (Å²) in [5, 5.41) is 6.84. The fraction of sp³-hybridized carbons (Fsp3) is 0.179. The predicted octanol–water partition coefficient (Wildman–Crippen LogP) is 7.06. The van der Waals surface area contributed by atoms with E-state index >= 15 is 0 Å². The summed E-state index contributed by atoms with van der Waals surface area (Å²) in [6, 6.07) is 15.0. The number of nitrogens with two attached hydrogens (primary N) is 1. The average Bonchev–Trinajstić information content (AvgIpc) is 3.23. The van der Waals surface area contributed by atoms with Gasteiger partial charge in [0, 0.05) is 34.9 Å².